The molecule has 0 bridgehead atoms. The summed E-state index contributed by atoms with van der Waals surface area (Å²) in [5.41, 5.74) is 3.22. The second-order valence-corrected chi connectivity index (χ2v) is 4.99. The van der Waals surface area contributed by atoms with E-state index in [0.29, 0.717) is 0 Å². The number of fused-ring (bicyclic) bond motifs is 1. The molecule has 104 valence electrons. The Kier molecular flexibility index (Phi) is 3.54. The van der Waals surface area contributed by atoms with Gasteiger partial charge >= 0.3 is 0 Å². The molecule has 0 saturated heterocycles. The molecule has 0 radical (unpaired) electrons. The molecule has 3 rings (SSSR count). The Hall–Kier alpha value is -2.10. The van der Waals surface area contributed by atoms with Crippen LogP contribution in [-0.4, -0.2) is 18.1 Å². The molecule has 0 aliphatic carbocycles. The summed E-state index contributed by atoms with van der Waals surface area (Å²) in [6.07, 6.45) is 0.975. The topological polar surface area (TPSA) is 28.2 Å². The smallest absolute Gasteiger partial charge is 0.126 e. The van der Waals surface area contributed by atoms with Crippen LogP contribution in [0.15, 0.2) is 36.4 Å². The van der Waals surface area contributed by atoms with Gasteiger partial charge in [-0.2, -0.15) is 0 Å². The second-order valence-electron chi connectivity index (χ2n) is 4.99. The third-order valence-electron chi connectivity index (χ3n) is 3.56. The standard InChI is InChI=1S/C16H18FN3/c1-2-18-16-5-3-4-14(19-16)11-20-9-8-12-6-7-13(17)10-15(12)20/h3-7,10H,2,8-9,11H2,1H3,(H,18,19). The fraction of sp³-hybridized carbons (Fsp3) is 0.312. The van der Waals surface area contributed by atoms with Crippen molar-refractivity contribution in [2.24, 2.45) is 0 Å². The van der Waals surface area contributed by atoms with Crippen LogP contribution in [0.2, 0.25) is 0 Å². The van der Waals surface area contributed by atoms with Gasteiger partial charge in [0.15, 0.2) is 0 Å². The Morgan fingerprint density at radius 1 is 1.30 bits per heavy atom. The van der Waals surface area contributed by atoms with E-state index in [9.17, 15) is 4.39 Å². The molecule has 20 heavy (non-hydrogen) atoms. The van der Waals surface area contributed by atoms with Gasteiger partial charge in [-0.15, -0.1) is 0 Å². The summed E-state index contributed by atoms with van der Waals surface area (Å²) in [6.45, 7) is 4.55. The average molecular weight is 271 g/mol. The molecule has 2 aromatic rings. The first kappa shape index (κ1) is 12.9. The number of pyridine rings is 1. The van der Waals surface area contributed by atoms with Gasteiger partial charge in [0.1, 0.15) is 11.6 Å². The molecule has 0 fully saturated rings. The molecule has 4 heteroatoms. The predicted molar refractivity (Wildman–Crippen MR) is 79.6 cm³/mol. The molecule has 1 N–H and O–H groups in total. The van der Waals surface area contributed by atoms with Crippen molar-refractivity contribution in [2.45, 2.75) is 19.9 Å². The Morgan fingerprint density at radius 3 is 3.05 bits per heavy atom. The average Bonchev–Trinajstić information content (AvgIpc) is 2.82. The zero-order valence-corrected chi connectivity index (χ0v) is 11.6. The number of rotatable bonds is 4. The number of nitrogens with one attached hydrogen (secondary N) is 1. The van der Waals surface area contributed by atoms with Crippen molar-refractivity contribution in [2.75, 3.05) is 23.3 Å². The van der Waals surface area contributed by atoms with Crippen molar-refractivity contribution >= 4 is 11.5 Å². The minimum absolute atomic E-state index is 0.176. The van der Waals surface area contributed by atoms with Gasteiger partial charge in [0.05, 0.1) is 12.2 Å². The monoisotopic (exact) mass is 271 g/mol. The van der Waals surface area contributed by atoms with E-state index < -0.39 is 0 Å². The van der Waals surface area contributed by atoms with Gasteiger partial charge in [-0.1, -0.05) is 12.1 Å². The third kappa shape index (κ3) is 2.59. The maximum Gasteiger partial charge on any atom is 0.126 e. The quantitative estimate of drug-likeness (QED) is 0.925. The van der Waals surface area contributed by atoms with Crippen LogP contribution in [0.4, 0.5) is 15.9 Å². The summed E-state index contributed by atoms with van der Waals surface area (Å²) in [7, 11) is 0. The van der Waals surface area contributed by atoms with E-state index in [1.807, 2.05) is 31.2 Å². The zero-order chi connectivity index (χ0) is 13.9. The molecule has 0 saturated carbocycles. The number of nitrogens with zero attached hydrogens (tertiary/aromatic N) is 2. The summed E-state index contributed by atoms with van der Waals surface area (Å²) in [4.78, 5) is 6.77. The van der Waals surface area contributed by atoms with E-state index in [1.54, 1.807) is 6.07 Å². The highest BCUT2D eigenvalue weighted by atomic mass is 19.1. The molecule has 0 spiro atoms. The third-order valence-corrected chi connectivity index (χ3v) is 3.56. The lowest BCUT2D eigenvalue weighted by Gasteiger charge is -2.19. The summed E-state index contributed by atoms with van der Waals surface area (Å²) in [5.74, 6) is 0.716. The van der Waals surface area contributed by atoms with Crippen LogP contribution in [0.5, 0.6) is 0 Å². The first-order chi connectivity index (χ1) is 9.76. The second kappa shape index (κ2) is 5.49. The molecule has 1 aromatic carbocycles. The van der Waals surface area contributed by atoms with Crippen LogP contribution in [0.25, 0.3) is 0 Å². The maximum atomic E-state index is 13.4. The van der Waals surface area contributed by atoms with Gasteiger partial charge in [-0.3, -0.25) is 0 Å². The van der Waals surface area contributed by atoms with E-state index in [2.05, 4.69) is 15.2 Å². The zero-order valence-electron chi connectivity index (χ0n) is 11.6. The van der Waals surface area contributed by atoms with Gasteiger partial charge in [0.2, 0.25) is 0 Å². The van der Waals surface area contributed by atoms with Crippen LogP contribution in [0, 0.1) is 5.82 Å². The lowest BCUT2D eigenvalue weighted by Crippen LogP contribution is -2.20. The number of hydrogen-bond acceptors (Lipinski definition) is 3. The summed E-state index contributed by atoms with van der Waals surface area (Å²) in [5, 5.41) is 3.21. The number of aromatic nitrogens is 1. The van der Waals surface area contributed by atoms with Gasteiger partial charge in [-0.25, -0.2) is 9.37 Å². The van der Waals surface area contributed by atoms with Crippen LogP contribution in [0.1, 0.15) is 18.2 Å². The molecular formula is C16H18FN3. The summed E-state index contributed by atoms with van der Waals surface area (Å²) in [6, 6.07) is 11.0. The summed E-state index contributed by atoms with van der Waals surface area (Å²) >= 11 is 0. The predicted octanol–water partition coefficient (Wildman–Crippen LogP) is 3.22. The van der Waals surface area contributed by atoms with E-state index in [-0.39, 0.29) is 5.82 Å². The van der Waals surface area contributed by atoms with Gasteiger partial charge in [0, 0.05) is 18.8 Å². The van der Waals surface area contributed by atoms with E-state index in [0.717, 1.165) is 43.3 Å². The van der Waals surface area contributed by atoms with E-state index in [1.165, 1.54) is 11.6 Å². The van der Waals surface area contributed by atoms with Crippen molar-refractivity contribution in [1.29, 1.82) is 0 Å². The van der Waals surface area contributed by atoms with Crippen molar-refractivity contribution in [1.82, 2.24) is 4.98 Å². The maximum absolute atomic E-state index is 13.4. The highest BCUT2D eigenvalue weighted by molar-refractivity contribution is 5.58. The van der Waals surface area contributed by atoms with E-state index >= 15 is 0 Å². The fourth-order valence-electron chi connectivity index (χ4n) is 2.63. The molecule has 1 aromatic heterocycles. The van der Waals surface area contributed by atoms with Crippen molar-refractivity contribution < 1.29 is 4.39 Å². The van der Waals surface area contributed by atoms with Gasteiger partial charge in [0.25, 0.3) is 0 Å². The molecule has 1 aliphatic heterocycles. The molecule has 0 atom stereocenters. The van der Waals surface area contributed by atoms with Crippen molar-refractivity contribution in [3.8, 4) is 0 Å². The van der Waals surface area contributed by atoms with Crippen molar-refractivity contribution in [3.63, 3.8) is 0 Å². The van der Waals surface area contributed by atoms with Crippen molar-refractivity contribution in [3.05, 3.63) is 53.5 Å². The Bertz CT molecular complexity index is 612. The lowest BCUT2D eigenvalue weighted by atomic mass is 10.2. The lowest BCUT2D eigenvalue weighted by molar-refractivity contribution is 0.627. The molecule has 0 amide bonds. The molecule has 0 unspecified atom stereocenters. The SMILES string of the molecule is CCNc1cccc(CN2CCc3ccc(F)cc32)n1. The van der Waals surface area contributed by atoms with E-state index in [4.69, 9.17) is 0 Å². The highest BCUT2D eigenvalue weighted by Gasteiger charge is 2.20. The first-order valence-corrected chi connectivity index (χ1v) is 6.99. The summed E-state index contributed by atoms with van der Waals surface area (Å²) < 4.78 is 13.4. The molecule has 2 heterocycles. The van der Waals surface area contributed by atoms with Gasteiger partial charge in [-0.05, 0) is 43.2 Å². The Labute approximate surface area is 118 Å². The van der Waals surface area contributed by atoms with Crippen LogP contribution in [-0.2, 0) is 13.0 Å². The number of anilines is 2. The normalized spacial score (nSPS) is 13.4. The number of halogens is 1. The minimum Gasteiger partial charge on any atom is -0.370 e. The number of benzene rings is 1. The van der Waals surface area contributed by atoms with Gasteiger partial charge < -0.3 is 10.2 Å². The van der Waals surface area contributed by atoms with Crippen LogP contribution in [0.3, 0.4) is 0 Å². The molecule has 3 nitrogen and oxygen atoms in total. The fourth-order valence-corrected chi connectivity index (χ4v) is 2.63. The molecule has 1 aliphatic rings. The largest absolute Gasteiger partial charge is 0.370 e. The highest BCUT2D eigenvalue weighted by Crippen LogP contribution is 2.29. The van der Waals surface area contributed by atoms with Crippen LogP contribution < -0.4 is 10.2 Å². The molecular weight excluding hydrogens is 253 g/mol. The van der Waals surface area contributed by atoms with Crippen LogP contribution >= 0.6 is 0 Å². The Balaban J connectivity index is 1.80. The minimum atomic E-state index is -0.176. The first-order valence-electron chi connectivity index (χ1n) is 6.99. The Morgan fingerprint density at radius 2 is 2.20 bits per heavy atom. The number of hydrogen-bond donors (Lipinski definition) is 1.